The van der Waals surface area contributed by atoms with Gasteiger partial charge in [0.2, 0.25) is 20.0 Å². The topological polar surface area (TPSA) is 86.8 Å². The molecule has 3 rings (SSSR count). The van der Waals surface area contributed by atoms with Crippen molar-refractivity contribution >= 4 is 20.0 Å². The van der Waals surface area contributed by atoms with Crippen molar-refractivity contribution in [2.24, 2.45) is 0 Å². The zero-order valence-corrected chi connectivity index (χ0v) is 21.0. The van der Waals surface area contributed by atoms with Crippen molar-refractivity contribution in [2.45, 2.75) is 43.9 Å². The number of sulfonamides is 2. The third-order valence-electron chi connectivity index (χ3n) is 4.99. The minimum Gasteiger partial charge on any atom is -0.314 e. The molecule has 1 heterocycles. The molecule has 0 unspecified atom stereocenters. The van der Waals surface area contributed by atoms with Gasteiger partial charge in [0, 0.05) is 39.3 Å². The molecule has 0 aliphatic carbocycles. The zero-order valence-electron chi connectivity index (χ0n) is 19.4. The average molecular weight is 482 g/mol. The molecule has 9 heteroatoms. The van der Waals surface area contributed by atoms with Gasteiger partial charge in [-0.2, -0.15) is 8.61 Å². The quantitative estimate of drug-likeness (QED) is 0.725. The molecule has 2 aromatic carbocycles. The molecular formula is C23H35N3O4S2. The first-order chi connectivity index (χ1) is 15.1. The summed E-state index contributed by atoms with van der Waals surface area (Å²) in [5.41, 5.74) is 1.95. The maximum atomic E-state index is 13.1. The Morgan fingerprint density at radius 2 is 0.969 bits per heavy atom. The number of benzene rings is 2. The molecule has 0 bridgehead atoms. The highest BCUT2D eigenvalue weighted by Gasteiger charge is 2.29. The number of nitrogens with one attached hydrogen (secondary N) is 1. The fourth-order valence-electron chi connectivity index (χ4n) is 3.18. The van der Waals surface area contributed by atoms with Gasteiger partial charge in [-0.1, -0.05) is 55.7 Å². The lowest BCUT2D eigenvalue weighted by molar-refractivity contribution is 0.365. The molecule has 2 aromatic rings. The maximum Gasteiger partial charge on any atom is 0.243 e. The summed E-state index contributed by atoms with van der Waals surface area (Å²) in [7, 11) is -7.40. The fraction of sp³-hybridized carbons (Fsp3) is 0.478. The Labute approximate surface area is 193 Å². The molecule has 1 fully saturated rings. The van der Waals surface area contributed by atoms with E-state index in [1.54, 1.807) is 48.5 Å². The van der Waals surface area contributed by atoms with Crippen molar-refractivity contribution in [2.75, 3.05) is 39.3 Å². The predicted molar refractivity (Wildman–Crippen MR) is 129 cm³/mol. The van der Waals surface area contributed by atoms with Gasteiger partial charge in [-0.05, 0) is 38.1 Å². The van der Waals surface area contributed by atoms with Gasteiger partial charge < -0.3 is 5.32 Å². The molecule has 0 radical (unpaired) electrons. The second-order valence-electron chi connectivity index (χ2n) is 7.89. The Morgan fingerprint density at radius 3 is 1.28 bits per heavy atom. The number of nitrogens with zero attached hydrogens (tertiary/aromatic N) is 2. The lowest BCUT2D eigenvalue weighted by Gasteiger charge is -2.25. The summed E-state index contributed by atoms with van der Waals surface area (Å²) in [6, 6.07) is 13.4. The summed E-state index contributed by atoms with van der Waals surface area (Å²) in [5, 5.41) is 3.14. The summed E-state index contributed by atoms with van der Waals surface area (Å²) < 4.78 is 55.0. The van der Waals surface area contributed by atoms with Crippen LogP contribution in [0.1, 0.15) is 31.4 Å². The normalized spacial score (nSPS) is 16.9. The van der Waals surface area contributed by atoms with Crippen LogP contribution >= 0.6 is 0 Å². The van der Waals surface area contributed by atoms with Crippen molar-refractivity contribution in [3.05, 3.63) is 59.7 Å². The van der Waals surface area contributed by atoms with E-state index in [9.17, 15) is 16.8 Å². The van der Waals surface area contributed by atoms with E-state index < -0.39 is 20.0 Å². The van der Waals surface area contributed by atoms with Crippen LogP contribution < -0.4 is 5.32 Å². The minimum atomic E-state index is -3.70. The number of rotatable bonds is 4. The van der Waals surface area contributed by atoms with Crippen molar-refractivity contribution < 1.29 is 16.8 Å². The molecular weight excluding hydrogens is 446 g/mol. The Kier molecular flexibility index (Phi) is 9.84. The van der Waals surface area contributed by atoms with Crippen molar-refractivity contribution in [1.29, 1.82) is 0 Å². The van der Waals surface area contributed by atoms with E-state index in [4.69, 9.17) is 0 Å². The van der Waals surface area contributed by atoms with Crippen LogP contribution in [0, 0.1) is 13.8 Å². The predicted octanol–water partition coefficient (Wildman–Crippen LogP) is 3.00. The Hall–Kier alpha value is -1.78. The number of hydrogen-bond acceptors (Lipinski definition) is 5. The Morgan fingerprint density at radius 1 is 0.656 bits per heavy atom. The van der Waals surface area contributed by atoms with Gasteiger partial charge in [0.05, 0.1) is 9.79 Å². The van der Waals surface area contributed by atoms with Crippen molar-refractivity contribution in [3.63, 3.8) is 0 Å². The third-order valence-corrected chi connectivity index (χ3v) is 8.82. The second kappa shape index (κ2) is 11.9. The van der Waals surface area contributed by atoms with Gasteiger partial charge in [-0.25, -0.2) is 16.8 Å². The first-order valence-corrected chi connectivity index (χ1v) is 13.8. The standard InChI is InChI=1S/C20H27N3O4S2.C3H8/c1-17-3-7-19(8-4-17)28(24,25)22-13-11-21-12-14-23(16-15-22)29(26,27)20-9-5-18(2)6-10-20;1-3-2/h3-10,21H,11-16H2,1-2H3;3H2,1-2H3. The minimum absolute atomic E-state index is 0.100. The summed E-state index contributed by atoms with van der Waals surface area (Å²) in [5.74, 6) is 0. The lowest BCUT2D eigenvalue weighted by Crippen LogP contribution is -2.41. The summed E-state index contributed by atoms with van der Waals surface area (Å²) in [6.07, 6.45) is 1.25. The van der Waals surface area contributed by atoms with E-state index in [1.807, 2.05) is 13.8 Å². The molecule has 0 atom stereocenters. The molecule has 1 aliphatic heterocycles. The lowest BCUT2D eigenvalue weighted by atomic mass is 10.2. The Balaban J connectivity index is 0.00000114. The highest BCUT2D eigenvalue weighted by Crippen LogP contribution is 2.19. The number of hydrogen-bond donors (Lipinski definition) is 1. The smallest absolute Gasteiger partial charge is 0.243 e. The molecule has 1 N–H and O–H groups in total. The third kappa shape index (κ3) is 6.86. The average Bonchev–Trinajstić information content (AvgIpc) is 2.88. The van der Waals surface area contributed by atoms with E-state index in [2.05, 4.69) is 19.2 Å². The van der Waals surface area contributed by atoms with Crippen LogP contribution in [0.5, 0.6) is 0 Å². The van der Waals surface area contributed by atoms with Crippen LogP contribution in [0.25, 0.3) is 0 Å². The van der Waals surface area contributed by atoms with Crippen molar-refractivity contribution in [3.8, 4) is 0 Å². The fourth-order valence-corrected chi connectivity index (χ4v) is 6.04. The van der Waals surface area contributed by atoms with E-state index >= 15 is 0 Å². The van der Waals surface area contributed by atoms with Gasteiger partial charge in [-0.3, -0.25) is 0 Å². The van der Waals surface area contributed by atoms with Crippen molar-refractivity contribution in [1.82, 2.24) is 13.9 Å². The molecule has 32 heavy (non-hydrogen) atoms. The van der Waals surface area contributed by atoms with E-state index in [1.165, 1.54) is 15.0 Å². The van der Waals surface area contributed by atoms with Gasteiger partial charge >= 0.3 is 0 Å². The monoisotopic (exact) mass is 481 g/mol. The molecule has 0 spiro atoms. The highest BCUT2D eigenvalue weighted by atomic mass is 32.2. The highest BCUT2D eigenvalue weighted by molar-refractivity contribution is 7.89. The van der Waals surface area contributed by atoms with Gasteiger partial charge in [0.15, 0.2) is 0 Å². The van der Waals surface area contributed by atoms with Crippen LogP contribution in [0.3, 0.4) is 0 Å². The summed E-state index contributed by atoms with van der Waals surface area (Å²) in [4.78, 5) is 0.436. The van der Waals surface area contributed by atoms with Crippen LogP contribution in [-0.4, -0.2) is 64.7 Å². The molecule has 0 aromatic heterocycles. The molecule has 0 amide bonds. The van der Waals surface area contributed by atoms with Gasteiger partial charge in [0.1, 0.15) is 0 Å². The summed E-state index contributed by atoms with van der Waals surface area (Å²) >= 11 is 0. The number of aryl methyl sites for hydroxylation is 2. The summed E-state index contributed by atoms with van der Waals surface area (Å²) in [6.45, 7) is 9.74. The molecule has 0 saturated carbocycles. The van der Waals surface area contributed by atoms with Gasteiger partial charge in [-0.15, -0.1) is 0 Å². The van der Waals surface area contributed by atoms with Gasteiger partial charge in [0.25, 0.3) is 0 Å². The second-order valence-corrected chi connectivity index (χ2v) is 11.8. The van der Waals surface area contributed by atoms with Crippen LogP contribution in [0.4, 0.5) is 0 Å². The zero-order chi connectivity index (χ0) is 23.8. The van der Waals surface area contributed by atoms with E-state index in [0.29, 0.717) is 13.1 Å². The van der Waals surface area contributed by atoms with Crippen LogP contribution in [0.2, 0.25) is 0 Å². The first-order valence-electron chi connectivity index (χ1n) is 11.0. The van der Waals surface area contributed by atoms with Crippen LogP contribution in [-0.2, 0) is 20.0 Å². The largest absolute Gasteiger partial charge is 0.314 e. The molecule has 1 saturated heterocycles. The van der Waals surface area contributed by atoms with Crippen LogP contribution in [0.15, 0.2) is 58.3 Å². The van der Waals surface area contributed by atoms with E-state index in [-0.39, 0.29) is 36.0 Å². The maximum absolute atomic E-state index is 13.1. The Bertz CT molecular complexity index is 966. The molecule has 178 valence electrons. The first kappa shape index (κ1) is 26.5. The molecule has 1 aliphatic rings. The SMILES string of the molecule is CCC.Cc1ccc(S(=O)(=O)N2CCNCCN(S(=O)(=O)c3ccc(C)cc3)CC2)cc1. The van der Waals surface area contributed by atoms with E-state index in [0.717, 1.165) is 11.1 Å². The molecule has 7 nitrogen and oxygen atoms in total.